The van der Waals surface area contributed by atoms with Crippen LogP contribution in [0, 0.1) is 0 Å². The average Bonchev–Trinajstić information content (AvgIpc) is 3.81. The standard InChI is InChI=1S/C64H49N/c1-63(2)56-33-17-15-29-53(56)54-42-39-47(43-59(54)63)44-37-40-50(41-38-44)65(62-51(45-21-7-3-8-22-45)31-19-32-52(62)46-23-9-4-10-24-46)60-36-20-35-58-61(60)55-30-16-18-34-57(55)64(58,48-25-11-5-12-26-48)49-27-13-6-14-28-49/h3-35,37-43,60H,36H2,1-2H3. The van der Waals surface area contributed by atoms with Gasteiger partial charge in [0, 0.05) is 22.2 Å². The Balaban J connectivity index is 1.10. The molecule has 0 fully saturated rings. The number of hydrogen-bond acceptors (Lipinski definition) is 1. The molecule has 1 nitrogen and oxygen atoms in total. The largest absolute Gasteiger partial charge is 0.333 e. The molecule has 12 rings (SSSR count). The van der Waals surface area contributed by atoms with Crippen LogP contribution in [-0.4, -0.2) is 6.04 Å². The third-order valence-corrected chi connectivity index (χ3v) is 14.5. The fourth-order valence-electron chi connectivity index (χ4n) is 11.6. The van der Waals surface area contributed by atoms with Crippen molar-refractivity contribution in [3.8, 4) is 44.5 Å². The third kappa shape index (κ3) is 6.06. The molecule has 3 aliphatic carbocycles. The van der Waals surface area contributed by atoms with E-state index in [1.165, 1.54) is 94.7 Å². The molecule has 0 saturated carbocycles. The molecule has 65 heavy (non-hydrogen) atoms. The van der Waals surface area contributed by atoms with Crippen molar-refractivity contribution in [1.82, 2.24) is 0 Å². The first-order valence-electron chi connectivity index (χ1n) is 23.0. The molecule has 9 aromatic carbocycles. The van der Waals surface area contributed by atoms with Gasteiger partial charge in [-0.05, 0) is 103 Å². The second-order valence-corrected chi connectivity index (χ2v) is 18.3. The first-order chi connectivity index (χ1) is 32.0. The zero-order valence-electron chi connectivity index (χ0n) is 36.8. The summed E-state index contributed by atoms with van der Waals surface area (Å²) in [5.41, 5.74) is 22.4. The van der Waals surface area contributed by atoms with Gasteiger partial charge in [-0.25, -0.2) is 0 Å². The van der Waals surface area contributed by atoms with Crippen LogP contribution in [-0.2, 0) is 10.8 Å². The van der Waals surface area contributed by atoms with E-state index in [9.17, 15) is 0 Å². The van der Waals surface area contributed by atoms with Gasteiger partial charge in [0.2, 0.25) is 0 Å². The lowest BCUT2D eigenvalue weighted by Crippen LogP contribution is -2.35. The van der Waals surface area contributed by atoms with Crippen LogP contribution in [0.5, 0.6) is 0 Å². The van der Waals surface area contributed by atoms with Gasteiger partial charge < -0.3 is 4.90 Å². The summed E-state index contributed by atoms with van der Waals surface area (Å²) < 4.78 is 0. The Morgan fingerprint density at radius 1 is 0.400 bits per heavy atom. The maximum Gasteiger partial charge on any atom is 0.0711 e. The minimum atomic E-state index is -0.499. The van der Waals surface area contributed by atoms with Gasteiger partial charge in [-0.15, -0.1) is 0 Å². The van der Waals surface area contributed by atoms with E-state index in [0.717, 1.165) is 12.1 Å². The molecular formula is C64H49N. The van der Waals surface area contributed by atoms with E-state index in [1.54, 1.807) is 0 Å². The van der Waals surface area contributed by atoms with Crippen LogP contribution in [0.15, 0.2) is 248 Å². The maximum atomic E-state index is 2.69. The highest BCUT2D eigenvalue weighted by molar-refractivity contribution is 5.99. The maximum absolute atomic E-state index is 2.69. The van der Waals surface area contributed by atoms with Crippen LogP contribution in [0.2, 0.25) is 0 Å². The van der Waals surface area contributed by atoms with Gasteiger partial charge >= 0.3 is 0 Å². The summed E-state index contributed by atoms with van der Waals surface area (Å²) in [6.07, 6.45) is 5.73. The van der Waals surface area contributed by atoms with Gasteiger partial charge in [-0.3, -0.25) is 0 Å². The smallest absolute Gasteiger partial charge is 0.0711 e. The quantitative estimate of drug-likeness (QED) is 0.147. The highest BCUT2D eigenvalue weighted by atomic mass is 15.2. The van der Waals surface area contributed by atoms with Crippen LogP contribution < -0.4 is 4.90 Å². The van der Waals surface area contributed by atoms with Gasteiger partial charge in [0.15, 0.2) is 0 Å². The number of nitrogens with zero attached hydrogens (tertiary/aromatic N) is 1. The zero-order chi connectivity index (χ0) is 43.5. The SMILES string of the molecule is CC1(C)c2ccccc2-c2ccc(-c3ccc(N(c4c(-c5ccccc5)cccc4-c4ccccc4)C4CC=CC5=C4c4ccccc4C5(c4ccccc4)c4ccccc4)cc3)cc21. The van der Waals surface area contributed by atoms with Gasteiger partial charge in [0.05, 0.1) is 17.1 Å². The molecule has 0 saturated heterocycles. The normalized spacial score (nSPS) is 16.1. The summed E-state index contributed by atoms with van der Waals surface area (Å²) in [5, 5.41) is 0. The molecule has 0 radical (unpaired) electrons. The number of benzene rings is 9. The zero-order valence-corrected chi connectivity index (χ0v) is 36.8. The van der Waals surface area contributed by atoms with E-state index in [-0.39, 0.29) is 11.5 Å². The molecule has 0 aromatic heterocycles. The Morgan fingerprint density at radius 3 is 1.51 bits per heavy atom. The van der Waals surface area contributed by atoms with Crippen molar-refractivity contribution in [2.75, 3.05) is 4.90 Å². The Morgan fingerprint density at radius 2 is 0.892 bits per heavy atom. The number of hydrogen-bond donors (Lipinski definition) is 0. The number of anilines is 2. The first kappa shape index (κ1) is 38.9. The molecule has 0 heterocycles. The molecule has 0 amide bonds. The van der Waals surface area contributed by atoms with E-state index in [0.29, 0.717) is 0 Å². The highest BCUT2D eigenvalue weighted by Gasteiger charge is 2.50. The van der Waals surface area contributed by atoms with Crippen molar-refractivity contribution in [1.29, 1.82) is 0 Å². The minimum absolute atomic E-state index is 0.0390. The second kappa shape index (κ2) is 15.5. The molecule has 1 unspecified atom stereocenters. The highest BCUT2D eigenvalue weighted by Crippen LogP contribution is 2.59. The molecule has 1 atom stereocenters. The van der Waals surface area contributed by atoms with E-state index < -0.39 is 5.41 Å². The molecule has 3 aliphatic rings. The topological polar surface area (TPSA) is 3.24 Å². The summed E-state index contributed by atoms with van der Waals surface area (Å²) >= 11 is 0. The van der Waals surface area contributed by atoms with Gasteiger partial charge in [-0.2, -0.15) is 0 Å². The Hall–Kier alpha value is -7.74. The fraction of sp³-hybridized carbons (Fsp3) is 0.0938. The van der Waals surface area contributed by atoms with Crippen LogP contribution in [0.4, 0.5) is 11.4 Å². The Labute approximate surface area is 383 Å². The van der Waals surface area contributed by atoms with Crippen LogP contribution in [0.3, 0.4) is 0 Å². The van der Waals surface area contributed by atoms with E-state index in [2.05, 4.69) is 261 Å². The molecule has 0 spiro atoms. The molecule has 0 bridgehead atoms. The van der Waals surface area contributed by atoms with Crippen molar-refractivity contribution < 1.29 is 0 Å². The van der Waals surface area contributed by atoms with E-state index in [4.69, 9.17) is 0 Å². The third-order valence-electron chi connectivity index (χ3n) is 14.5. The predicted molar refractivity (Wildman–Crippen MR) is 273 cm³/mol. The molecular weight excluding hydrogens is 783 g/mol. The molecule has 310 valence electrons. The minimum Gasteiger partial charge on any atom is -0.333 e. The van der Waals surface area contributed by atoms with Crippen molar-refractivity contribution in [2.45, 2.75) is 37.1 Å². The predicted octanol–water partition coefficient (Wildman–Crippen LogP) is 16.3. The Kier molecular flexibility index (Phi) is 9.28. The summed E-state index contributed by atoms with van der Waals surface area (Å²) in [6.45, 7) is 4.73. The number of rotatable bonds is 8. The molecule has 1 heteroatoms. The summed E-state index contributed by atoms with van der Waals surface area (Å²) in [5.74, 6) is 0. The van der Waals surface area contributed by atoms with Crippen LogP contribution >= 0.6 is 0 Å². The van der Waals surface area contributed by atoms with Crippen molar-refractivity contribution >= 4 is 16.9 Å². The molecule has 0 N–H and O–H groups in total. The van der Waals surface area contributed by atoms with Crippen molar-refractivity contribution in [3.63, 3.8) is 0 Å². The fourth-order valence-corrected chi connectivity index (χ4v) is 11.6. The van der Waals surface area contributed by atoms with Gasteiger partial charge in [0.1, 0.15) is 0 Å². The van der Waals surface area contributed by atoms with Crippen LogP contribution in [0.25, 0.3) is 50.1 Å². The summed E-state index contributed by atoms with van der Waals surface area (Å²) in [6, 6.07) is 85.7. The lowest BCUT2D eigenvalue weighted by molar-refractivity contribution is 0.660. The van der Waals surface area contributed by atoms with Crippen molar-refractivity contribution in [2.24, 2.45) is 0 Å². The lowest BCUT2D eigenvalue weighted by Gasteiger charge is -2.40. The molecule has 0 aliphatic heterocycles. The summed E-state index contributed by atoms with van der Waals surface area (Å²) in [7, 11) is 0. The number of para-hydroxylation sites is 1. The van der Waals surface area contributed by atoms with E-state index in [1.807, 2.05) is 0 Å². The monoisotopic (exact) mass is 831 g/mol. The van der Waals surface area contributed by atoms with Crippen LogP contribution in [0.1, 0.15) is 53.6 Å². The van der Waals surface area contributed by atoms with Gasteiger partial charge in [-0.1, -0.05) is 238 Å². The first-order valence-corrected chi connectivity index (χ1v) is 23.0. The average molecular weight is 832 g/mol. The summed E-state index contributed by atoms with van der Waals surface area (Å²) in [4.78, 5) is 2.69. The number of fused-ring (bicyclic) bond motifs is 5. The van der Waals surface area contributed by atoms with Crippen molar-refractivity contribution in [3.05, 3.63) is 282 Å². The Bertz CT molecular complexity index is 3190. The lowest BCUT2D eigenvalue weighted by atomic mass is 9.66. The second-order valence-electron chi connectivity index (χ2n) is 18.3. The van der Waals surface area contributed by atoms with E-state index >= 15 is 0 Å². The molecule has 9 aromatic rings. The number of allylic oxidation sites excluding steroid dienone is 2. The van der Waals surface area contributed by atoms with Gasteiger partial charge in [0.25, 0.3) is 0 Å².